The maximum Gasteiger partial charge on any atom is 0.331 e. The molecule has 6 heteroatoms. The van der Waals surface area contributed by atoms with Crippen molar-refractivity contribution in [2.75, 3.05) is 11.9 Å². The first kappa shape index (κ1) is 15.8. The molecule has 0 atom stereocenters. The minimum Gasteiger partial charge on any atom is -0.463 e. The van der Waals surface area contributed by atoms with Gasteiger partial charge in [-0.2, -0.15) is 0 Å². The minimum absolute atomic E-state index is 0.197. The van der Waals surface area contributed by atoms with Crippen molar-refractivity contribution in [1.82, 2.24) is 9.97 Å². The largest absolute Gasteiger partial charge is 0.463 e. The van der Waals surface area contributed by atoms with Crippen molar-refractivity contribution >= 4 is 29.0 Å². The summed E-state index contributed by atoms with van der Waals surface area (Å²) in [6.07, 6.45) is 7.80. The van der Waals surface area contributed by atoms with Crippen LogP contribution in [0.4, 0.5) is 5.82 Å². The predicted molar refractivity (Wildman–Crippen MR) is 83.2 cm³/mol. The van der Waals surface area contributed by atoms with E-state index >= 15 is 0 Å². The fourth-order valence-electron chi connectivity index (χ4n) is 2.46. The van der Waals surface area contributed by atoms with Crippen LogP contribution in [0.2, 0.25) is 5.28 Å². The molecule has 1 saturated carbocycles. The predicted octanol–water partition coefficient (Wildman–Crippen LogP) is 3.45. The Balaban J connectivity index is 2.23. The molecule has 21 heavy (non-hydrogen) atoms. The van der Waals surface area contributed by atoms with Gasteiger partial charge in [0.2, 0.25) is 5.28 Å². The van der Waals surface area contributed by atoms with Crippen molar-refractivity contribution in [3.8, 4) is 0 Å². The lowest BCUT2D eigenvalue weighted by molar-refractivity contribution is -0.137. The van der Waals surface area contributed by atoms with Crippen LogP contribution in [0.15, 0.2) is 12.3 Å². The Morgan fingerprint density at radius 2 is 2.24 bits per heavy atom. The third-order valence-electron chi connectivity index (χ3n) is 3.50. The third-order valence-corrected chi connectivity index (χ3v) is 3.68. The van der Waals surface area contributed by atoms with Gasteiger partial charge in [-0.05, 0) is 43.9 Å². The molecule has 5 nitrogen and oxygen atoms in total. The smallest absolute Gasteiger partial charge is 0.331 e. The summed E-state index contributed by atoms with van der Waals surface area (Å²) >= 11 is 5.89. The molecule has 114 valence electrons. The van der Waals surface area contributed by atoms with Gasteiger partial charge in [-0.15, -0.1) is 0 Å². The quantitative estimate of drug-likeness (QED) is 0.513. The minimum atomic E-state index is -0.364. The van der Waals surface area contributed by atoms with Crippen LogP contribution in [0.1, 0.15) is 45.1 Å². The van der Waals surface area contributed by atoms with E-state index < -0.39 is 0 Å². The highest BCUT2D eigenvalue weighted by Crippen LogP contribution is 2.27. The maximum absolute atomic E-state index is 11.6. The van der Waals surface area contributed by atoms with E-state index in [0.717, 1.165) is 24.0 Å². The van der Waals surface area contributed by atoms with Crippen LogP contribution >= 0.6 is 11.6 Å². The van der Waals surface area contributed by atoms with Gasteiger partial charge in [0.1, 0.15) is 5.82 Å². The first-order valence-corrected chi connectivity index (χ1v) is 7.62. The van der Waals surface area contributed by atoms with Crippen LogP contribution in [0, 0.1) is 0 Å². The van der Waals surface area contributed by atoms with E-state index in [4.69, 9.17) is 16.3 Å². The highest BCUT2D eigenvalue weighted by molar-refractivity contribution is 6.28. The number of carbonyl (C=O) groups excluding carboxylic acids is 1. The van der Waals surface area contributed by atoms with Crippen molar-refractivity contribution in [3.63, 3.8) is 0 Å². The normalized spacial score (nSPS) is 16.0. The highest BCUT2D eigenvalue weighted by Gasteiger charge is 2.18. The van der Waals surface area contributed by atoms with E-state index in [-0.39, 0.29) is 11.3 Å². The fourth-order valence-corrected chi connectivity index (χ4v) is 2.59. The topological polar surface area (TPSA) is 64.1 Å². The van der Waals surface area contributed by atoms with Crippen LogP contribution in [-0.2, 0) is 9.53 Å². The van der Waals surface area contributed by atoms with Gasteiger partial charge >= 0.3 is 5.97 Å². The molecule has 1 heterocycles. The van der Waals surface area contributed by atoms with Gasteiger partial charge < -0.3 is 10.1 Å². The number of nitrogens with one attached hydrogen (secondary N) is 1. The molecular weight excluding hydrogens is 290 g/mol. The van der Waals surface area contributed by atoms with Gasteiger partial charge in [-0.3, -0.25) is 0 Å². The van der Waals surface area contributed by atoms with Crippen molar-refractivity contribution in [2.45, 2.75) is 45.6 Å². The zero-order chi connectivity index (χ0) is 15.2. The molecule has 0 bridgehead atoms. The Labute approximate surface area is 129 Å². The van der Waals surface area contributed by atoms with E-state index in [2.05, 4.69) is 15.3 Å². The first-order chi connectivity index (χ1) is 10.1. The fraction of sp³-hybridized carbons (Fsp3) is 0.533. The Bertz CT molecular complexity index is 540. The number of rotatable bonds is 5. The molecule has 0 aliphatic heterocycles. The molecule has 0 amide bonds. The second-order valence-electron chi connectivity index (χ2n) is 5.11. The Morgan fingerprint density at radius 1 is 1.52 bits per heavy atom. The molecule has 0 aromatic carbocycles. The number of allylic oxidation sites excluding steroid dienone is 1. The lowest BCUT2D eigenvalue weighted by atomic mass is 10.1. The molecule has 1 aliphatic carbocycles. The van der Waals surface area contributed by atoms with Crippen LogP contribution in [0.5, 0.6) is 0 Å². The lowest BCUT2D eigenvalue weighted by Gasteiger charge is -2.16. The monoisotopic (exact) mass is 309 g/mol. The van der Waals surface area contributed by atoms with Crippen molar-refractivity contribution in [1.29, 1.82) is 0 Å². The van der Waals surface area contributed by atoms with Crippen LogP contribution in [0.25, 0.3) is 5.57 Å². The molecule has 2 rings (SSSR count). The lowest BCUT2D eigenvalue weighted by Crippen LogP contribution is -2.17. The number of aromatic nitrogens is 2. The third kappa shape index (κ3) is 4.43. The Morgan fingerprint density at radius 3 is 2.90 bits per heavy atom. The van der Waals surface area contributed by atoms with Gasteiger partial charge in [0.05, 0.1) is 6.61 Å². The van der Waals surface area contributed by atoms with Crippen molar-refractivity contribution in [3.05, 3.63) is 23.1 Å². The number of nitrogens with zero attached hydrogens (tertiary/aromatic N) is 2. The second kappa shape index (κ2) is 7.41. The first-order valence-electron chi connectivity index (χ1n) is 7.24. The van der Waals surface area contributed by atoms with E-state index in [1.807, 2.05) is 6.92 Å². The van der Waals surface area contributed by atoms with Gasteiger partial charge in [0.25, 0.3) is 0 Å². The molecule has 0 saturated heterocycles. The van der Waals surface area contributed by atoms with Crippen LogP contribution in [-0.4, -0.2) is 28.6 Å². The summed E-state index contributed by atoms with van der Waals surface area (Å²) < 4.78 is 4.93. The number of hydrogen-bond donors (Lipinski definition) is 1. The number of hydrogen-bond acceptors (Lipinski definition) is 5. The Kier molecular flexibility index (Phi) is 5.56. The SMILES string of the molecule is CCOC(=O)/C=C(\C)c1cnc(Cl)nc1NC1CCCC1. The molecule has 1 fully saturated rings. The molecule has 0 unspecified atom stereocenters. The van der Waals surface area contributed by atoms with Gasteiger partial charge in [-0.25, -0.2) is 14.8 Å². The number of ether oxygens (including phenoxy) is 1. The van der Waals surface area contributed by atoms with Crippen molar-refractivity contribution in [2.24, 2.45) is 0 Å². The molecule has 1 aromatic rings. The van der Waals surface area contributed by atoms with Gasteiger partial charge in [-0.1, -0.05) is 12.8 Å². The van der Waals surface area contributed by atoms with Crippen molar-refractivity contribution < 1.29 is 9.53 Å². The highest BCUT2D eigenvalue weighted by atomic mass is 35.5. The molecule has 1 aliphatic rings. The van der Waals surface area contributed by atoms with Gasteiger partial charge in [0.15, 0.2) is 0 Å². The summed E-state index contributed by atoms with van der Waals surface area (Å²) in [6.45, 7) is 3.97. The summed E-state index contributed by atoms with van der Waals surface area (Å²) in [5.41, 5.74) is 1.53. The van der Waals surface area contributed by atoms with E-state index in [0.29, 0.717) is 18.5 Å². The van der Waals surface area contributed by atoms with Gasteiger partial charge in [0, 0.05) is 23.9 Å². The summed E-state index contributed by atoms with van der Waals surface area (Å²) in [6, 6.07) is 0.408. The molecule has 0 spiro atoms. The van der Waals surface area contributed by atoms with E-state index in [1.54, 1.807) is 13.1 Å². The molecular formula is C15H20ClN3O2. The molecule has 1 aromatic heterocycles. The summed E-state index contributed by atoms with van der Waals surface area (Å²) in [4.78, 5) is 19.8. The second-order valence-corrected chi connectivity index (χ2v) is 5.44. The summed E-state index contributed by atoms with van der Waals surface area (Å²) in [7, 11) is 0. The van der Waals surface area contributed by atoms with Crippen LogP contribution in [0.3, 0.4) is 0 Å². The average molecular weight is 310 g/mol. The maximum atomic E-state index is 11.6. The zero-order valence-corrected chi connectivity index (χ0v) is 13.1. The van der Waals surface area contributed by atoms with E-state index in [9.17, 15) is 4.79 Å². The summed E-state index contributed by atoms with van der Waals surface area (Å²) in [5, 5.41) is 3.61. The standard InChI is InChI=1S/C15H20ClN3O2/c1-3-21-13(20)8-10(2)12-9-17-15(16)19-14(12)18-11-6-4-5-7-11/h8-9,11H,3-7H2,1-2H3,(H,17,18,19)/b10-8+. The summed E-state index contributed by atoms with van der Waals surface area (Å²) in [5.74, 6) is 0.316. The molecule has 1 N–H and O–H groups in total. The Hall–Kier alpha value is -1.62. The number of halogens is 1. The van der Waals surface area contributed by atoms with Crippen LogP contribution < -0.4 is 5.32 Å². The number of anilines is 1. The average Bonchev–Trinajstić information content (AvgIpc) is 2.91. The molecule has 0 radical (unpaired) electrons. The number of carbonyl (C=O) groups is 1. The van der Waals surface area contributed by atoms with E-state index in [1.165, 1.54) is 18.9 Å². The number of esters is 1. The zero-order valence-electron chi connectivity index (χ0n) is 12.4.